The van der Waals surface area contributed by atoms with E-state index in [-0.39, 0.29) is 24.0 Å². The fourth-order valence-electron chi connectivity index (χ4n) is 2.84. The van der Waals surface area contributed by atoms with Gasteiger partial charge in [-0.1, -0.05) is 0 Å². The Morgan fingerprint density at radius 2 is 2.22 bits per heavy atom. The predicted molar refractivity (Wildman–Crippen MR) is 84.4 cm³/mol. The van der Waals surface area contributed by atoms with Crippen molar-refractivity contribution >= 4 is 5.91 Å². The van der Waals surface area contributed by atoms with E-state index in [1.54, 1.807) is 18.3 Å². The van der Waals surface area contributed by atoms with Gasteiger partial charge in [-0.15, -0.1) is 0 Å². The number of nitrogens with zero attached hydrogens (tertiary/aromatic N) is 1. The molecule has 2 aliphatic rings. The summed E-state index contributed by atoms with van der Waals surface area (Å²) in [6.45, 7) is 1.77. The van der Waals surface area contributed by atoms with Crippen LogP contribution >= 0.6 is 0 Å². The second-order valence-corrected chi connectivity index (χ2v) is 6.51. The van der Waals surface area contributed by atoms with Crippen molar-refractivity contribution in [2.24, 2.45) is 5.41 Å². The highest BCUT2D eigenvalue weighted by Crippen LogP contribution is 2.29. The number of pyridine rings is 1. The van der Waals surface area contributed by atoms with Crippen molar-refractivity contribution in [3.63, 3.8) is 0 Å². The number of hydrogen-bond donors (Lipinski definition) is 2. The number of carbonyl (C=O) groups excluding carboxylic acids is 1. The number of ether oxygens (including phenoxy) is 2. The van der Waals surface area contributed by atoms with Crippen LogP contribution in [0.25, 0.3) is 0 Å². The van der Waals surface area contributed by atoms with Gasteiger partial charge in [-0.2, -0.15) is 0 Å². The second kappa shape index (κ2) is 7.27. The van der Waals surface area contributed by atoms with Gasteiger partial charge in [0.05, 0.1) is 6.61 Å². The molecular weight excluding hydrogens is 296 g/mol. The summed E-state index contributed by atoms with van der Waals surface area (Å²) in [6, 6.07) is 3.36. The molecule has 1 saturated heterocycles. The van der Waals surface area contributed by atoms with Gasteiger partial charge < -0.3 is 19.9 Å². The first kappa shape index (κ1) is 16.2. The molecule has 0 aromatic carbocycles. The van der Waals surface area contributed by atoms with Crippen LogP contribution in [-0.2, 0) is 4.74 Å². The minimum Gasteiger partial charge on any atom is -0.474 e. The molecule has 6 heteroatoms. The maximum Gasteiger partial charge on any atom is 0.251 e. The fourth-order valence-corrected chi connectivity index (χ4v) is 2.84. The van der Waals surface area contributed by atoms with Crippen molar-refractivity contribution in [3.8, 4) is 5.88 Å². The standard InChI is InChI=1S/C17H24N2O4/c20-12-17(5-8-22-9-6-17)11-19-16(21)13-4-7-18-15(10-13)23-14-2-1-3-14/h4,7,10,14,20H,1-3,5-6,8-9,11-12H2,(H,19,21). The minimum absolute atomic E-state index is 0.0586. The Morgan fingerprint density at radius 3 is 2.87 bits per heavy atom. The van der Waals surface area contributed by atoms with Crippen LogP contribution in [0.4, 0.5) is 0 Å². The molecule has 0 radical (unpaired) electrons. The third-order valence-electron chi connectivity index (χ3n) is 4.85. The lowest BCUT2D eigenvalue weighted by atomic mass is 9.81. The molecule has 1 aromatic rings. The van der Waals surface area contributed by atoms with Crippen molar-refractivity contribution in [1.29, 1.82) is 0 Å². The van der Waals surface area contributed by atoms with Gasteiger partial charge in [-0.3, -0.25) is 4.79 Å². The summed E-state index contributed by atoms with van der Waals surface area (Å²) in [5, 5.41) is 12.6. The van der Waals surface area contributed by atoms with Gasteiger partial charge in [0.1, 0.15) is 6.10 Å². The van der Waals surface area contributed by atoms with Crippen LogP contribution in [0.3, 0.4) is 0 Å². The molecule has 1 aromatic heterocycles. The quantitative estimate of drug-likeness (QED) is 0.831. The van der Waals surface area contributed by atoms with Crippen LogP contribution in [0.1, 0.15) is 42.5 Å². The summed E-state index contributed by atoms with van der Waals surface area (Å²) in [5.41, 5.74) is 0.265. The summed E-state index contributed by atoms with van der Waals surface area (Å²) in [5.74, 6) is 0.343. The zero-order valence-corrected chi connectivity index (χ0v) is 13.3. The SMILES string of the molecule is O=C(NCC1(CO)CCOCC1)c1ccnc(OC2CCC2)c1. The molecular formula is C17H24N2O4. The van der Waals surface area contributed by atoms with Crippen molar-refractivity contribution in [1.82, 2.24) is 10.3 Å². The van der Waals surface area contributed by atoms with E-state index in [1.165, 1.54) is 6.42 Å². The number of nitrogens with one attached hydrogen (secondary N) is 1. The van der Waals surface area contributed by atoms with Gasteiger partial charge in [0.25, 0.3) is 5.91 Å². The van der Waals surface area contributed by atoms with Crippen LogP contribution in [0.5, 0.6) is 5.88 Å². The highest BCUT2D eigenvalue weighted by atomic mass is 16.5. The average molecular weight is 320 g/mol. The fraction of sp³-hybridized carbons (Fsp3) is 0.647. The Labute approximate surface area is 136 Å². The Hall–Kier alpha value is -1.66. The van der Waals surface area contributed by atoms with Crippen LogP contribution in [0, 0.1) is 5.41 Å². The van der Waals surface area contributed by atoms with E-state index in [2.05, 4.69) is 10.3 Å². The van der Waals surface area contributed by atoms with Crippen molar-refractivity contribution in [2.75, 3.05) is 26.4 Å². The number of aliphatic hydroxyl groups is 1. The summed E-state index contributed by atoms with van der Waals surface area (Å²) in [7, 11) is 0. The average Bonchev–Trinajstić information content (AvgIpc) is 2.57. The van der Waals surface area contributed by atoms with Gasteiger partial charge in [0, 0.05) is 43.0 Å². The largest absolute Gasteiger partial charge is 0.474 e. The molecule has 1 aliphatic carbocycles. The molecule has 3 rings (SSSR count). The summed E-state index contributed by atoms with van der Waals surface area (Å²) >= 11 is 0. The monoisotopic (exact) mass is 320 g/mol. The molecule has 1 aliphatic heterocycles. The normalized spacial score (nSPS) is 20.6. The molecule has 0 bridgehead atoms. The van der Waals surface area contributed by atoms with E-state index in [9.17, 15) is 9.90 Å². The van der Waals surface area contributed by atoms with Crippen LogP contribution < -0.4 is 10.1 Å². The first-order valence-electron chi connectivity index (χ1n) is 8.30. The number of rotatable bonds is 6. The molecule has 0 atom stereocenters. The third kappa shape index (κ3) is 4.00. The molecule has 126 valence electrons. The smallest absolute Gasteiger partial charge is 0.251 e. The zero-order valence-electron chi connectivity index (χ0n) is 13.3. The summed E-state index contributed by atoms with van der Waals surface area (Å²) in [6.07, 6.45) is 6.66. The number of carbonyl (C=O) groups is 1. The van der Waals surface area contributed by atoms with Gasteiger partial charge in [0.2, 0.25) is 5.88 Å². The molecule has 0 spiro atoms. The van der Waals surface area contributed by atoms with Gasteiger partial charge in [-0.05, 0) is 38.2 Å². The highest BCUT2D eigenvalue weighted by Gasteiger charge is 2.32. The Morgan fingerprint density at radius 1 is 1.43 bits per heavy atom. The van der Waals surface area contributed by atoms with Crippen LogP contribution in [0.15, 0.2) is 18.3 Å². The second-order valence-electron chi connectivity index (χ2n) is 6.51. The zero-order chi connectivity index (χ0) is 16.1. The lowest BCUT2D eigenvalue weighted by molar-refractivity contribution is -0.0146. The Bertz CT molecular complexity index is 539. The van der Waals surface area contributed by atoms with Crippen LogP contribution in [-0.4, -0.2) is 48.5 Å². The maximum absolute atomic E-state index is 12.4. The van der Waals surface area contributed by atoms with Crippen LogP contribution in [0.2, 0.25) is 0 Å². The number of amides is 1. The first-order valence-corrected chi connectivity index (χ1v) is 8.30. The van der Waals surface area contributed by atoms with Gasteiger partial charge >= 0.3 is 0 Å². The first-order chi connectivity index (χ1) is 11.2. The highest BCUT2D eigenvalue weighted by molar-refractivity contribution is 5.94. The maximum atomic E-state index is 12.4. The topological polar surface area (TPSA) is 80.7 Å². The van der Waals surface area contributed by atoms with Gasteiger partial charge in [-0.25, -0.2) is 4.98 Å². The Kier molecular flexibility index (Phi) is 5.13. The molecule has 2 heterocycles. The number of hydrogen-bond acceptors (Lipinski definition) is 5. The minimum atomic E-state index is -0.272. The molecule has 2 N–H and O–H groups in total. The molecule has 1 amide bonds. The Balaban J connectivity index is 1.57. The molecule has 6 nitrogen and oxygen atoms in total. The van der Waals surface area contributed by atoms with Crippen molar-refractivity contribution < 1.29 is 19.4 Å². The third-order valence-corrected chi connectivity index (χ3v) is 4.85. The number of aliphatic hydroxyl groups excluding tert-OH is 1. The predicted octanol–water partition coefficient (Wildman–Crippen LogP) is 1.53. The lowest BCUT2D eigenvalue weighted by Gasteiger charge is -2.35. The van der Waals surface area contributed by atoms with E-state index >= 15 is 0 Å². The van der Waals surface area contributed by atoms with E-state index in [4.69, 9.17) is 9.47 Å². The molecule has 1 saturated carbocycles. The van der Waals surface area contributed by atoms with E-state index in [0.29, 0.717) is 31.2 Å². The number of aromatic nitrogens is 1. The van der Waals surface area contributed by atoms with E-state index < -0.39 is 0 Å². The van der Waals surface area contributed by atoms with Crippen molar-refractivity contribution in [2.45, 2.75) is 38.2 Å². The summed E-state index contributed by atoms with van der Waals surface area (Å²) < 4.78 is 11.1. The summed E-state index contributed by atoms with van der Waals surface area (Å²) in [4.78, 5) is 16.5. The molecule has 0 unspecified atom stereocenters. The molecule has 23 heavy (non-hydrogen) atoms. The van der Waals surface area contributed by atoms with Crippen molar-refractivity contribution in [3.05, 3.63) is 23.9 Å². The van der Waals surface area contributed by atoms with E-state index in [1.807, 2.05) is 0 Å². The molecule has 2 fully saturated rings. The van der Waals surface area contributed by atoms with Gasteiger partial charge in [0.15, 0.2) is 0 Å². The lowest BCUT2D eigenvalue weighted by Crippen LogP contribution is -2.43. The van der Waals surface area contributed by atoms with E-state index in [0.717, 1.165) is 25.7 Å².